The molecule has 2 heteroatoms. The lowest BCUT2D eigenvalue weighted by Gasteiger charge is -1.70. The fraction of sp³-hybridized carbons (Fsp3) is 0.333. The molecular formula is C3H5ClO. The third-order valence-electron chi connectivity index (χ3n) is 0.178. The van der Waals surface area contributed by atoms with Crippen molar-refractivity contribution in [1.29, 1.82) is 0 Å². The van der Waals surface area contributed by atoms with Gasteiger partial charge in [0.15, 0.2) is 0 Å². The van der Waals surface area contributed by atoms with Crippen molar-refractivity contribution >= 4 is 11.6 Å². The van der Waals surface area contributed by atoms with Gasteiger partial charge in [0.1, 0.15) is 0 Å². The topological polar surface area (TPSA) is 20.2 Å². The average Bonchev–Trinajstić information content (AvgIpc) is 1.38. The van der Waals surface area contributed by atoms with E-state index in [1.165, 1.54) is 0 Å². The van der Waals surface area contributed by atoms with Gasteiger partial charge in [-0.25, -0.2) is 0 Å². The van der Waals surface area contributed by atoms with Crippen LogP contribution in [0.15, 0.2) is 11.3 Å². The van der Waals surface area contributed by atoms with Crippen LogP contribution in [-0.4, -0.2) is 5.11 Å². The zero-order valence-corrected chi connectivity index (χ0v) is 3.66. The second-order valence-corrected chi connectivity index (χ2v) is 1.31. The molecule has 0 saturated carbocycles. The van der Waals surface area contributed by atoms with E-state index in [0.717, 1.165) is 6.26 Å². The van der Waals surface area contributed by atoms with E-state index in [4.69, 9.17) is 16.7 Å². The molecule has 0 atom stereocenters. The summed E-state index contributed by atoms with van der Waals surface area (Å²) in [5.41, 5.74) is 0. The molecule has 0 aliphatic heterocycles. The molecule has 0 saturated heterocycles. The minimum absolute atomic E-state index is 0.407. The normalized spacial score (nSPS) is 12.0. The molecule has 0 spiro atoms. The molecule has 5 heavy (non-hydrogen) atoms. The monoisotopic (exact) mass is 92.0 g/mol. The summed E-state index contributed by atoms with van der Waals surface area (Å²) in [6.07, 6.45) is 0.849. The fourth-order valence-electron chi connectivity index (χ4n) is 0. The van der Waals surface area contributed by atoms with Gasteiger partial charge in [0.2, 0.25) is 0 Å². The lowest BCUT2D eigenvalue weighted by Crippen LogP contribution is -1.50. The predicted molar refractivity (Wildman–Crippen MR) is 22.2 cm³/mol. The summed E-state index contributed by atoms with van der Waals surface area (Å²) in [6, 6.07) is 0. The molecular weight excluding hydrogens is 87.5 g/mol. The molecule has 0 fully saturated rings. The van der Waals surface area contributed by atoms with Gasteiger partial charge in [0.25, 0.3) is 0 Å². The predicted octanol–water partition coefficient (Wildman–Crippen LogP) is 1.64. The first-order valence-corrected chi connectivity index (χ1v) is 1.61. The first-order valence-electron chi connectivity index (χ1n) is 1.24. The number of rotatable bonds is 0. The highest BCUT2D eigenvalue weighted by Gasteiger charge is 1.66. The highest BCUT2D eigenvalue weighted by molar-refractivity contribution is 6.29. The number of halogens is 1. The van der Waals surface area contributed by atoms with E-state index >= 15 is 0 Å². The minimum atomic E-state index is 0.407. The maximum Gasteiger partial charge on any atom is 0.0933 e. The van der Waals surface area contributed by atoms with Gasteiger partial charge in [-0.3, -0.25) is 0 Å². The quantitative estimate of drug-likeness (QED) is 0.451. The summed E-state index contributed by atoms with van der Waals surface area (Å²) < 4.78 is 0. The maximum atomic E-state index is 7.85. The molecule has 0 aliphatic rings. The van der Waals surface area contributed by atoms with Crippen LogP contribution in [0.2, 0.25) is 0 Å². The molecule has 30 valence electrons. The van der Waals surface area contributed by atoms with Crippen LogP contribution >= 0.6 is 11.6 Å². The van der Waals surface area contributed by atoms with Gasteiger partial charge in [0.05, 0.1) is 6.26 Å². The molecule has 0 rings (SSSR count). The van der Waals surface area contributed by atoms with Crippen molar-refractivity contribution < 1.29 is 5.11 Å². The van der Waals surface area contributed by atoms with Crippen molar-refractivity contribution in [2.45, 2.75) is 6.92 Å². The third-order valence-corrected chi connectivity index (χ3v) is 0.275. The molecule has 0 aliphatic carbocycles. The number of aliphatic hydroxyl groups excluding tert-OH is 1. The summed E-state index contributed by atoms with van der Waals surface area (Å²) in [6.45, 7) is 1.60. The largest absolute Gasteiger partial charge is 0.514 e. The summed E-state index contributed by atoms with van der Waals surface area (Å²) in [5, 5.41) is 8.26. The van der Waals surface area contributed by atoms with E-state index in [1.807, 2.05) is 0 Å². The Hall–Kier alpha value is -0.170. The van der Waals surface area contributed by atoms with Crippen LogP contribution in [0.4, 0.5) is 0 Å². The molecule has 0 aromatic heterocycles. The second kappa shape index (κ2) is 2.09. The highest BCUT2D eigenvalue weighted by Crippen LogP contribution is 1.92. The zero-order valence-electron chi connectivity index (χ0n) is 2.90. The summed E-state index contributed by atoms with van der Waals surface area (Å²) in [5.74, 6) is 0. The van der Waals surface area contributed by atoms with Gasteiger partial charge in [-0.05, 0) is 6.92 Å². The summed E-state index contributed by atoms with van der Waals surface area (Å²) in [4.78, 5) is 0. The number of aliphatic hydroxyl groups is 1. The zero-order chi connectivity index (χ0) is 4.28. The van der Waals surface area contributed by atoms with Gasteiger partial charge in [-0.2, -0.15) is 0 Å². The van der Waals surface area contributed by atoms with Crippen LogP contribution in [0.3, 0.4) is 0 Å². The Bertz CT molecular complexity index is 44.9. The van der Waals surface area contributed by atoms with Gasteiger partial charge in [-0.1, -0.05) is 11.6 Å². The number of hydrogen-bond donors (Lipinski definition) is 1. The molecule has 0 amide bonds. The maximum absolute atomic E-state index is 7.85. The Labute approximate surface area is 35.9 Å². The number of allylic oxidation sites excluding steroid dienone is 1. The van der Waals surface area contributed by atoms with Crippen molar-refractivity contribution in [3.8, 4) is 0 Å². The third kappa shape index (κ3) is 3.83. The van der Waals surface area contributed by atoms with E-state index in [0.29, 0.717) is 5.03 Å². The molecule has 0 aromatic rings. The van der Waals surface area contributed by atoms with Gasteiger partial charge < -0.3 is 5.11 Å². The van der Waals surface area contributed by atoms with E-state index in [2.05, 4.69) is 0 Å². The minimum Gasteiger partial charge on any atom is -0.514 e. The first kappa shape index (κ1) is 4.83. The van der Waals surface area contributed by atoms with Gasteiger partial charge >= 0.3 is 0 Å². The lowest BCUT2D eigenvalue weighted by atomic mass is 10.7. The van der Waals surface area contributed by atoms with Crippen molar-refractivity contribution in [3.05, 3.63) is 11.3 Å². The second-order valence-electron chi connectivity index (χ2n) is 0.716. The smallest absolute Gasteiger partial charge is 0.0933 e. The van der Waals surface area contributed by atoms with Gasteiger partial charge in [-0.15, -0.1) is 0 Å². The summed E-state index contributed by atoms with van der Waals surface area (Å²) >= 11 is 5.07. The molecule has 0 radical (unpaired) electrons. The van der Waals surface area contributed by atoms with Crippen molar-refractivity contribution in [2.24, 2.45) is 0 Å². The van der Waals surface area contributed by atoms with Crippen molar-refractivity contribution in [2.75, 3.05) is 0 Å². The van der Waals surface area contributed by atoms with Gasteiger partial charge in [0, 0.05) is 5.03 Å². The lowest BCUT2D eigenvalue weighted by molar-refractivity contribution is 0.471. The molecule has 1 nitrogen and oxygen atoms in total. The first-order chi connectivity index (χ1) is 2.27. The molecule has 0 bridgehead atoms. The standard InChI is InChI=1S/C3H5ClO/c1-3(4)2-5/h2,5H,1H3. The number of hydrogen-bond acceptors (Lipinski definition) is 1. The van der Waals surface area contributed by atoms with Crippen LogP contribution in [0.1, 0.15) is 6.92 Å². The highest BCUT2D eigenvalue weighted by atomic mass is 35.5. The van der Waals surface area contributed by atoms with Crippen molar-refractivity contribution in [1.82, 2.24) is 0 Å². The van der Waals surface area contributed by atoms with Crippen LogP contribution in [-0.2, 0) is 0 Å². The van der Waals surface area contributed by atoms with E-state index in [9.17, 15) is 0 Å². The van der Waals surface area contributed by atoms with Crippen LogP contribution in [0, 0.1) is 0 Å². The molecule has 0 heterocycles. The van der Waals surface area contributed by atoms with E-state index in [1.54, 1.807) is 6.92 Å². The van der Waals surface area contributed by atoms with Crippen LogP contribution < -0.4 is 0 Å². The SMILES string of the molecule is CC(Cl)=CO. The summed E-state index contributed by atoms with van der Waals surface area (Å²) in [7, 11) is 0. The van der Waals surface area contributed by atoms with Crippen molar-refractivity contribution in [3.63, 3.8) is 0 Å². The Kier molecular flexibility index (Phi) is 2.02. The molecule has 0 unspecified atom stereocenters. The Balaban J connectivity index is 3.14. The Morgan fingerprint density at radius 3 is 2.20 bits per heavy atom. The molecule has 0 aromatic carbocycles. The average molecular weight is 92.5 g/mol. The fourth-order valence-corrected chi connectivity index (χ4v) is 0. The Morgan fingerprint density at radius 2 is 2.20 bits per heavy atom. The molecule has 1 N–H and O–H groups in total. The Morgan fingerprint density at radius 1 is 2.00 bits per heavy atom. The van der Waals surface area contributed by atoms with Crippen LogP contribution in [0.25, 0.3) is 0 Å². The van der Waals surface area contributed by atoms with E-state index < -0.39 is 0 Å². The van der Waals surface area contributed by atoms with Crippen LogP contribution in [0.5, 0.6) is 0 Å². The van der Waals surface area contributed by atoms with E-state index in [-0.39, 0.29) is 0 Å².